The van der Waals surface area contributed by atoms with Crippen molar-refractivity contribution in [2.24, 2.45) is 0 Å². The van der Waals surface area contributed by atoms with E-state index in [1.807, 2.05) is 48.5 Å². The summed E-state index contributed by atoms with van der Waals surface area (Å²) >= 11 is 0. The summed E-state index contributed by atoms with van der Waals surface area (Å²) in [5, 5.41) is 5.87. The number of urea groups is 1. The number of anilines is 2. The summed E-state index contributed by atoms with van der Waals surface area (Å²) in [4.78, 5) is 12.3. The van der Waals surface area contributed by atoms with Crippen LogP contribution in [0.25, 0.3) is 22.3 Å². The maximum Gasteiger partial charge on any atom is 0.323 e. The summed E-state index contributed by atoms with van der Waals surface area (Å²) in [6.45, 7) is 0. The number of rotatable bonds is 0. The Hall–Kier alpha value is -3.07. The molecule has 3 aromatic rings. The number of hydrogen-bond acceptors (Lipinski definition) is 1. The van der Waals surface area contributed by atoms with Gasteiger partial charge in [-0.3, -0.25) is 0 Å². The van der Waals surface area contributed by atoms with Crippen molar-refractivity contribution in [3.63, 3.8) is 0 Å². The van der Waals surface area contributed by atoms with Crippen LogP contribution in [0.4, 0.5) is 16.2 Å². The number of carbonyl (C=O) groups excluding carboxylic acids is 1. The maximum absolute atomic E-state index is 12.3. The summed E-state index contributed by atoms with van der Waals surface area (Å²) in [5.74, 6) is 0. The minimum Gasteiger partial charge on any atom is -0.307 e. The fourth-order valence-electron chi connectivity index (χ4n) is 2.79. The van der Waals surface area contributed by atoms with Gasteiger partial charge in [0.1, 0.15) is 0 Å². The van der Waals surface area contributed by atoms with Gasteiger partial charge in [-0.25, -0.2) is 4.79 Å². The van der Waals surface area contributed by atoms with Gasteiger partial charge >= 0.3 is 6.03 Å². The van der Waals surface area contributed by atoms with Crippen molar-refractivity contribution >= 4 is 17.4 Å². The van der Waals surface area contributed by atoms with Crippen LogP contribution < -0.4 is 10.6 Å². The molecule has 106 valence electrons. The smallest absolute Gasteiger partial charge is 0.307 e. The molecule has 0 atom stereocenters. The molecule has 0 radical (unpaired) electrons. The van der Waals surface area contributed by atoms with Gasteiger partial charge in [-0.05, 0) is 23.3 Å². The third kappa shape index (κ3) is 2.13. The van der Waals surface area contributed by atoms with Crippen LogP contribution in [0.15, 0.2) is 72.8 Å². The van der Waals surface area contributed by atoms with E-state index in [4.69, 9.17) is 0 Å². The molecule has 2 bridgehead atoms. The molecule has 0 saturated carbocycles. The standard InChI is InChI=1S/C19H14N2O/c22-19-20-17-7-3-1-5-15(17)13-9-11-14(12-10-13)16-6-2-4-8-18(16)21-19/h1-12H,(H2,20,21,22). The number of para-hydroxylation sites is 2. The molecular formula is C19H14N2O. The molecule has 0 unspecified atom stereocenters. The van der Waals surface area contributed by atoms with Gasteiger partial charge in [-0.1, -0.05) is 60.7 Å². The van der Waals surface area contributed by atoms with Gasteiger partial charge < -0.3 is 10.6 Å². The Morgan fingerprint density at radius 2 is 0.955 bits per heavy atom. The van der Waals surface area contributed by atoms with Crippen molar-refractivity contribution in [2.75, 3.05) is 10.6 Å². The zero-order chi connectivity index (χ0) is 14.9. The molecule has 0 aromatic heterocycles. The van der Waals surface area contributed by atoms with Gasteiger partial charge in [-0.15, -0.1) is 0 Å². The van der Waals surface area contributed by atoms with Crippen molar-refractivity contribution in [2.45, 2.75) is 0 Å². The number of fused-ring (bicyclic) bond motifs is 4. The van der Waals surface area contributed by atoms with Crippen molar-refractivity contribution in [3.8, 4) is 22.3 Å². The lowest BCUT2D eigenvalue weighted by Gasteiger charge is -2.12. The van der Waals surface area contributed by atoms with Crippen LogP contribution in [0.5, 0.6) is 0 Å². The number of amides is 2. The number of benzene rings is 3. The van der Waals surface area contributed by atoms with Crippen LogP contribution in [-0.4, -0.2) is 6.03 Å². The fraction of sp³-hybridized carbons (Fsp3) is 0. The zero-order valence-corrected chi connectivity index (χ0v) is 11.8. The zero-order valence-electron chi connectivity index (χ0n) is 11.8. The Bertz CT molecular complexity index is 783. The predicted molar refractivity (Wildman–Crippen MR) is 90.0 cm³/mol. The molecule has 5 rings (SSSR count). The molecule has 2 amide bonds. The molecule has 0 spiro atoms. The average molecular weight is 286 g/mol. The Morgan fingerprint density at radius 3 is 1.41 bits per heavy atom. The van der Waals surface area contributed by atoms with E-state index in [9.17, 15) is 4.79 Å². The van der Waals surface area contributed by atoms with Crippen LogP contribution in [-0.2, 0) is 0 Å². The van der Waals surface area contributed by atoms with Crippen LogP contribution in [0.3, 0.4) is 0 Å². The van der Waals surface area contributed by atoms with E-state index in [1.165, 1.54) is 0 Å². The van der Waals surface area contributed by atoms with E-state index in [2.05, 4.69) is 34.9 Å². The maximum atomic E-state index is 12.3. The van der Waals surface area contributed by atoms with E-state index < -0.39 is 0 Å². The lowest BCUT2D eigenvalue weighted by molar-refractivity contribution is 0.262. The Morgan fingerprint density at radius 1 is 0.545 bits per heavy atom. The summed E-state index contributed by atoms with van der Waals surface area (Å²) in [7, 11) is 0. The quantitative estimate of drug-likeness (QED) is 0.601. The van der Waals surface area contributed by atoms with Crippen LogP contribution in [0.2, 0.25) is 0 Å². The average Bonchev–Trinajstić information content (AvgIpc) is 2.59. The Labute approximate surface area is 128 Å². The monoisotopic (exact) mass is 286 g/mol. The largest absolute Gasteiger partial charge is 0.323 e. The summed E-state index contributed by atoms with van der Waals surface area (Å²) in [5.41, 5.74) is 5.78. The highest BCUT2D eigenvalue weighted by atomic mass is 16.2. The van der Waals surface area contributed by atoms with Crippen LogP contribution >= 0.6 is 0 Å². The fourth-order valence-corrected chi connectivity index (χ4v) is 2.79. The molecule has 22 heavy (non-hydrogen) atoms. The van der Waals surface area contributed by atoms with Crippen molar-refractivity contribution < 1.29 is 4.79 Å². The van der Waals surface area contributed by atoms with Gasteiger partial charge in [0.15, 0.2) is 0 Å². The second kappa shape index (κ2) is 5.04. The first-order chi connectivity index (χ1) is 10.8. The van der Waals surface area contributed by atoms with E-state index in [0.29, 0.717) is 0 Å². The van der Waals surface area contributed by atoms with Crippen molar-refractivity contribution in [1.29, 1.82) is 0 Å². The first-order valence-electron chi connectivity index (χ1n) is 7.18. The number of nitrogens with one attached hydrogen (secondary N) is 2. The van der Waals surface area contributed by atoms with E-state index >= 15 is 0 Å². The van der Waals surface area contributed by atoms with Crippen molar-refractivity contribution in [1.82, 2.24) is 0 Å². The summed E-state index contributed by atoms with van der Waals surface area (Å²) in [6, 6.07) is 23.7. The molecule has 3 heteroatoms. The summed E-state index contributed by atoms with van der Waals surface area (Å²) < 4.78 is 0. The lowest BCUT2D eigenvalue weighted by atomic mass is 9.98. The molecule has 2 N–H and O–H groups in total. The minimum absolute atomic E-state index is 0.234. The van der Waals surface area contributed by atoms with Gasteiger partial charge in [0, 0.05) is 11.1 Å². The van der Waals surface area contributed by atoms with Crippen LogP contribution in [0.1, 0.15) is 0 Å². The van der Waals surface area contributed by atoms with Crippen LogP contribution in [0, 0.1) is 0 Å². The number of hydrogen-bond donors (Lipinski definition) is 2. The number of carbonyl (C=O) groups is 1. The van der Waals surface area contributed by atoms with E-state index in [0.717, 1.165) is 33.6 Å². The van der Waals surface area contributed by atoms with Gasteiger partial charge in [-0.2, -0.15) is 0 Å². The van der Waals surface area contributed by atoms with E-state index in [-0.39, 0.29) is 6.03 Å². The molecule has 0 saturated heterocycles. The van der Waals surface area contributed by atoms with Gasteiger partial charge in [0.05, 0.1) is 11.4 Å². The molecule has 2 heterocycles. The molecular weight excluding hydrogens is 272 g/mol. The molecule has 3 aromatic carbocycles. The third-order valence-electron chi connectivity index (χ3n) is 3.86. The minimum atomic E-state index is -0.234. The summed E-state index contributed by atoms with van der Waals surface area (Å²) in [6.07, 6.45) is 0. The SMILES string of the molecule is O=C1Nc2ccccc2-c2ccc(cc2)-c2ccccc2N1. The molecule has 2 aliphatic heterocycles. The normalized spacial score (nSPS) is 12.5. The molecule has 0 aliphatic carbocycles. The molecule has 3 nitrogen and oxygen atoms in total. The Balaban J connectivity index is 1.95. The van der Waals surface area contributed by atoms with E-state index in [1.54, 1.807) is 0 Å². The second-order valence-electron chi connectivity index (χ2n) is 5.25. The lowest BCUT2D eigenvalue weighted by Crippen LogP contribution is -2.20. The highest BCUT2D eigenvalue weighted by molar-refractivity contribution is 6.04. The Kier molecular flexibility index (Phi) is 2.90. The highest BCUT2D eigenvalue weighted by Crippen LogP contribution is 2.33. The predicted octanol–water partition coefficient (Wildman–Crippen LogP) is 4.98. The van der Waals surface area contributed by atoms with Crippen molar-refractivity contribution in [3.05, 3.63) is 72.8 Å². The third-order valence-corrected chi connectivity index (χ3v) is 3.86. The highest BCUT2D eigenvalue weighted by Gasteiger charge is 2.13. The van der Waals surface area contributed by atoms with Gasteiger partial charge in [0.2, 0.25) is 0 Å². The topological polar surface area (TPSA) is 41.1 Å². The molecule has 2 aliphatic rings. The van der Waals surface area contributed by atoms with Gasteiger partial charge in [0.25, 0.3) is 0 Å². The second-order valence-corrected chi connectivity index (χ2v) is 5.25. The first kappa shape index (κ1) is 12.7. The molecule has 0 fully saturated rings. The first-order valence-corrected chi connectivity index (χ1v) is 7.18.